The molecular weight excluding hydrogens is 230 g/mol. The van der Waals surface area contributed by atoms with Crippen LogP contribution in [0.3, 0.4) is 0 Å². The monoisotopic (exact) mass is 247 g/mol. The van der Waals surface area contributed by atoms with Crippen molar-refractivity contribution in [3.63, 3.8) is 0 Å². The fraction of sp³-hybridized carbons (Fsp3) is 0.308. The molecule has 0 radical (unpaired) electrons. The van der Waals surface area contributed by atoms with E-state index in [4.69, 9.17) is 0 Å². The van der Waals surface area contributed by atoms with Crippen molar-refractivity contribution < 1.29 is 0 Å². The Bertz CT molecular complexity index is 453. The SMILES string of the molecule is CCNCc1csc(N(C)c2ccccc2)n1. The van der Waals surface area contributed by atoms with Crippen molar-refractivity contribution in [2.45, 2.75) is 13.5 Å². The Morgan fingerprint density at radius 3 is 2.76 bits per heavy atom. The van der Waals surface area contributed by atoms with E-state index in [1.54, 1.807) is 11.3 Å². The number of rotatable bonds is 5. The zero-order chi connectivity index (χ0) is 12.1. The molecule has 1 heterocycles. The summed E-state index contributed by atoms with van der Waals surface area (Å²) in [5.74, 6) is 0. The minimum Gasteiger partial charge on any atom is -0.321 e. The van der Waals surface area contributed by atoms with Crippen molar-refractivity contribution in [1.29, 1.82) is 0 Å². The standard InChI is InChI=1S/C13H17N3S/c1-3-14-9-11-10-17-13(15-11)16(2)12-7-5-4-6-8-12/h4-8,10,14H,3,9H2,1-2H3. The lowest BCUT2D eigenvalue weighted by Crippen LogP contribution is -2.13. The number of para-hydroxylation sites is 1. The summed E-state index contributed by atoms with van der Waals surface area (Å²) < 4.78 is 0. The van der Waals surface area contributed by atoms with E-state index in [9.17, 15) is 0 Å². The molecule has 4 heteroatoms. The number of benzene rings is 1. The van der Waals surface area contributed by atoms with Crippen molar-refractivity contribution in [1.82, 2.24) is 10.3 Å². The van der Waals surface area contributed by atoms with Gasteiger partial charge in [-0.15, -0.1) is 11.3 Å². The Kier molecular flexibility index (Phi) is 4.12. The molecule has 90 valence electrons. The summed E-state index contributed by atoms with van der Waals surface area (Å²) in [5, 5.41) is 6.42. The highest BCUT2D eigenvalue weighted by Crippen LogP contribution is 2.26. The van der Waals surface area contributed by atoms with Crippen molar-refractivity contribution in [3.05, 3.63) is 41.4 Å². The minimum atomic E-state index is 0.843. The third-order valence-electron chi connectivity index (χ3n) is 2.53. The van der Waals surface area contributed by atoms with Gasteiger partial charge < -0.3 is 10.2 Å². The van der Waals surface area contributed by atoms with Crippen LogP contribution in [0, 0.1) is 0 Å². The molecule has 17 heavy (non-hydrogen) atoms. The highest BCUT2D eigenvalue weighted by molar-refractivity contribution is 7.13. The lowest BCUT2D eigenvalue weighted by atomic mass is 10.3. The Hall–Kier alpha value is -1.39. The summed E-state index contributed by atoms with van der Waals surface area (Å²) in [4.78, 5) is 6.72. The van der Waals surface area contributed by atoms with E-state index in [2.05, 4.69) is 39.6 Å². The van der Waals surface area contributed by atoms with E-state index in [0.29, 0.717) is 0 Å². The molecule has 0 spiro atoms. The molecule has 0 saturated heterocycles. The Labute approximate surface area is 106 Å². The van der Waals surface area contributed by atoms with Gasteiger partial charge in [0, 0.05) is 24.7 Å². The van der Waals surface area contributed by atoms with Gasteiger partial charge in [0.1, 0.15) is 0 Å². The van der Waals surface area contributed by atoms with E-state index >= 15 is 0 Å². The molecule has 0 amide bonds. The molecule has 2 rings (SSSR count). The smallest absolute Gasteiger partial charge is 0.189 e. The van der Waals surface area contributed by atoms with Crippen LogP contribution in [0.15, 0.2) is 35.7 Å². The molecule has 0 bridgehead atoms. The van der Waals surface area contributed by atoms with Gasteiger partial charge in [0.25, 0.3) is 0 Å². The summed E-state index contributed by atoms with van der Waals surface area (Å²) >= 11 is 1.68. The normalized spacial score (nSPS) is 10.5. The molecule has 1 aromatic carbocycles. The summed E-state index contributed by atoms with van der Waals surface area (Å²) in [7, 11) is 2.05. The second-order valence-electron chi connectivity index (χ2n) is 3.80. The average Bonchev–Trinajstić information content (AvgIpc) is 2.85. The molecule has 0 aliphatic carbocycles. The number of aromatic nitrogens is 1. The van der Waals surface area contributed by atoms with Gasteiger partial charge in [0.05, 0.1) is 5.69 Å². The predicted octanol–water partition coefficient (Wildman–Crippen LogP) is 3.02. The van der Waals surface area contributed by atoms with Gasteiger partial charge in [0.2, 0.25) is 0 Å². The van der Waals surface area contributed by atoms with Crippen molar-refractivity contribution in [2.24, 2.45) is 0 Å². The largest absolute Gasteiger partial charge is 0.321 e. The molecule has 0 atom stereocenters. The van der Waals surface area contributed by atoms with E-state index in [0.717, 1.165) is 29.6 Å². The first-order chi connectivity index (χ1) is 8.31. The van der Waals surface area contributed by atoms with Gasteiger partial charge in [-0.25, -0.2) is 4.98 Å². The summed E-state index contributed by atoms with van der Waals surface area (Å²) in [6.45, 7) is 3.92. The maximum atomic E-state index is 4.61. The van der Waals surface area contributed by atoms with Crippen LogP contribution >= 0.6 is 11.3 Å². The first-order valence-corrected chi connectivity index (χ1v) is 6.63. The molecule has 3 nitrogen and oxygen atoms in total. The Morgan fingerprint density at radius 1 is 1.29 bits per heavy atom. The minimum absolute atomic E-state index is 0.843. The number of hydrogen-bond acceptors (Lipinski definition) is 4. The van der Waals surface area contributed by atoms with Crippen molar-refractivity contribution in [3.8, 4) is 0 Å². The molecule has 0 saturated carbocycles. The molecule has 0 fully saturated rings. The van der Waals surface area contributed by atoms with E-state index < -0.39 is 0 Å². The molecule has 0 aliphatic rings. The maximum absolute atomic E-state index is 4.61. The Morgan fingerprint density at radius 2 is 2.06 bits per heavy atom. The number of anilines is 2. The second kappa shape index (κ2) is 5.80. The zero-order valence-electron chi connectivity index (χ0n) is 10.2. The number of nitrogens with zero attached hydrogens (tertiary/aromatic N) is 2. The Balaban J connectivity index is 2.09. The lowest BCUT2D eigenvalue weighted by molar-refractivity contribution is 0.714. The van der Waals surface area contributed by atoms with Crippen molar-refractivity contribution >= 4 is 22.2 Å². The van der Waals surface area contributed by atoms with Crippen molar-refractivity contribution in [2.75, 3.05) is 18.5 Å². The van der Waals surface area contributed by atoms with Crippen LogP contribution in [0.2, 0.25) is 0 Å². The second-order valence-corrected chi connectivity index (χ2v) is 4.63. The summed E-state index contributed by atoms with van der Waals surface area (Å²) in [5.41, 5.74) is 2.27. The third-order valence-corrected chi connectivity index (χ3v) is 3.49. The third kappa shape index (κ3) is 3.05. The first-order valence-electron chi connectivity index (χ1n) is 5.75. The van der Waals surface area contributed by atoms with Crippen LogP contribution in [0.5, 0.6) is 0 Å². The van der Waals surface area contributed by atoms with Crippen LogP contribution in [0.4, 0.5) is 10.8 Å². The van der Waals surface area contributed by atoms with Gasteiger partial charge in [-0.1, -0.05) is 25.1 Å². The fourth-order valence-corrected chi connectivity index (χ4v) is 2.36. The molecule has 1 N–H and O–H groups in total. The van der Waals surface area contributed by atoms with Gasteiger partial charge in [-0.3, -0.25) is 0 Å². The van der Waals surface area contributed by atoms with E-state index in [1.807, 2.05) is 25.2 Å². The molecule has 1 aromatic heterocycles. The average molecular weight is 247 g/mol. The number of hydrogen-bond donors (Lipinski definition) is 1. The molecule has 0 aliphatic heterocycles. The van der Waals surface area contributed by atoms with E-state index in [-0.39, 0.29) is 0 Å². The molecular formula is C13H17N3S. The van der Waals surface area contributed by atoms with Gasteiger partial charge in [-0.05, 0) is 18.7 Å². The van der Waals surface area contributed by atoms with Crippen LogP contribution in [0.1, 0.15) is 12.6 Å². The predicted molar refractivity (Wildman–Crippen MR) is 74.0 cm³/mol. The van der Waals surface area contributed by atoms with Crippen LogP contribution in [0.25, 0.3) is 0 Å². The van der Waals surface area contributed by atoms with Gasteiger partial charge >= 0.3 is 0 Å². The van der Waals surface area contributed by atoms with Gasteiger partial charge in [0.15, 0.2) is 5.13 Å². The summed E-state index contributed by atoms with van der Waals surface area (Å²) in [6.07, 6.45) is 0. The summed E-state index contributed by atoms with van der Waals surface area (Å²) in [6, 6.07) is 10.3. The lowest BCUT2D eigenvalue weighted by Gasteiger charge is -2.15. The number of thiazole rings is 1. The van der Waals surface area contributed by atoms with Crippen LogP contribution in [-0.4, -0.2) is 18.6 Å². The van der Waals surface area contributed by atoms with Crippen LogP contribution in [-0.2, 0) is 6.54 Å². The van der Waals surface area contributed by atoms with E-state index in [1.165, 1.54) is 0 Å². The topological polar surface area (TPSA) is 28.2 Å². The highest BCUT2D eigenvalue weighted by atomic mass is 32.1. The molecule has 0 unspecified atom stereocenters. The number of nitrogens with one attached hydrogen (secondary N) is 1. The first kappa shape index (κ1) is 12.1. The fourth-order valence-electron chi connectivity index (χ4n) is 1.55. The quantitative estimate of drug-likeness (QED) is 0.880. The highest BCUT2D eigenvalue weighted by Gasteiger charge is 2.08. The molecule has 2 aromatic rings. The maximum Gasteiger partial charge on any atom is 0.189 e. The zero-order valence-corrected chi connectivity index (χ0v) is 11.0. The van der Waals surface area contributed by atoms with Crippen LogP contribution < -0.4 is 10.2 Å². The van der Waals surface area contributed by atoms with Gasteiger partial charge in [-0.2, -0.15) is 0 Å².